The number of hydrogen-bond acceptors (Lipinski definition) is 3. The lowest BCUT2D eigenvalue weighted by Crippen LogP contribution is -2.14. The smallest absolute Gasteiger partial charge is 0.436 e. The highest BCUT2D eigenvalue weighted by atomic mass is 35.5. The van der Waals surface area contributed by atoms with Crippen molar-refractivity contribution in [3.05, 3.63) is 33.6 Å². The van der Waals surface area contributed by atoms with Gasteiger partial charge in [0.2, 0.25) is 0 Å². The fraction of sp³-hybridized carbons (Fsp3) is 0.385. The van der Waals surface area contributed by atoms with Gasteiger partial charge in [-0.3, -0.25) is 0 Å². The number of aromatic nitrogens is 2. The zero-order valence-corrected chi connectivity index (χ0v) is 12.6. The number of fused-ring (bicyclic) bond motifs is 1. The van der Waals surface area contributed by atoms with Crippen molar-refractivity contribution < 1.29 is 31.5 Å². The maximum atomic E-state index is 13.1. The molecule has 23 heavy (non-hydrogen) atoms. The Labute approximate surface area is 131 Å². The summed E-state index contributed by atoms with van der Waals surface area (Å²) in [5.74, 6) is -1.31. The summed E-state index contributed by atoms with van der Waals surface area (Å²) in [5, 5.41) is 2.79. The molecule has 0 unspecified atom stereocenters. The fourth-order valence-electron chi connectivity index (χ4n) is 2.18. The van der Waals surface area contributed by atoms with Crippen LogP contribution in [0.15, 0.2) is 6.07 Å². The summed E-state index contributed by atoms with van der Waals surface area (Å²) >= 11 is 5.74. The van der Waals surface area contributed by atoms with Gasteiger partial charge in [0.25, 0.3) is 6.43 Å². The van der Waals surface area contributed by atoms with E-state index in [9.17, 15) is 26.7 Å². The minimum atomic E-state index is -4.98. The Morgan fingerprint density at radius 3 is 2.52 bits per heavy atom. The summed E-state index contributed by atoms with van der Waals surface area (Å²) in [4.78, 5) is 11.9. The zero-order valence-electron chi connectivity index (χ0n) is 11.8. The van der Waals surface area contributed by atoms with Crippen molar-refractivity contribution >= 4 is 23.1 Å². The van der Waals surface area contributed by atoms with Crippen LogP contribution in [-0.4, -0.2) is 22.2 Å². The minimum Gasteiger partial charge on any atom is -0.462 e. The molecular weight excluding hydrogens is 347 g/mol. The van der Waals surface area contributed by atoms with Crippen LogP contribution in [0.5, 0.6) is 0 Å². The number of alkyl halides is 5. The van der Waals surface area contributed by atoms with Crippen molar-refractivity contribution in [3.8, 4) is 0 Å². The quantitative estimate of drug-likeness (QED) is 0.464. The molecule has 0 aliphatic heterocycles. The molecule has 0 aliphatic rings. The second-order valence-electron chi connectivity index (χ2n) is 4.55. The molecule has 2 aromatic heterocycles. The lowest BCUT2D eigenvalue weighted by molar-refractivity contribution is -0.141. The molecule has 0 fully saturated rings. The second kappa shape index (κ2) is 5.95. The van der Waals surface area contributed by atoms with Gasteiger partial charge in [0.05, 0.1) is 12.1 Å². The molecule has 0 N–H and O–H groups in total. The monoisotopic (exact) mass is 356 g/mol. The average molecular weight is 357 g/mol. The number of carbonyl (C=O) groups is 1. The summed E-state index contributed by atoms with van der Waals surface area (Å²) in [6.45, 7) is 2.38. The molecule has 0 saturated heterocycles. The van der Waals surface area contributed by atoms with Gasteiger partial charge in [-0.15, -0.1) is 0 Å². The molecule has 0 spiro atoms. The first kappa shape index (κ1) is 17.5. The summed E-state index contributed by atoms with van der Waals surface area (Å²) in [7, 11) is 0. The van der Waals surface area contributed by atoms with E-state index in [4.69, 9.17) is 11.6 Å². The molecule has 0 radical (unpaired) electrons. The number of pyridine rings is 1. The molecule has 0 bridgehead atoms. The molecule has 0 saturated carbocycles. The van der Waals surface area contributed by atoms with E-state index in [0.29, 0.717) is 4.52 Å². The SMILES string of the molecule is CCOC(=O)c1c(C(F)(F)F)nn2c(Cl)cc(C(F)F)c(C)c12. The number of hydrogen-bond donors (Lipinski definition) is 0. The topological polar surface area (TPSA) is 43.6 Å². The molecule has 4 nitrogen and oxygen atoms in total. The summed E-state index contributed by atoms with van der Waals surface area (Å²) < 4.78 is 70.7. The van der Waals surface area contributed by atoms with Crippen molar-refractivity contribution in [3.63, 3.8) is 0 Å². The van der Waals surface area contributed by atoms with Crippen LogP contribution in [0.3, 0.4) is 0 Å². The summed E-state index contributed by atoms with van der Waals surface area (Å²) in [6.07, 6.45) is -7.95. The molecular formula is C13H10ClF5N2O2. The number of ether oxygens (including phenoxy) is 1. The Kier molecular flexibility index (Phi) is 4.52. The van der Waals surface area contributed by atoms with Crippen LogP contribution in [0.4, 0.5) is 22.0 Å². The molecule has 0 aliphatic carbocycles. The highest BCUT2D eigenvalue weighted by Gasteiger charge is 2.42. The third kappa shape index (κ3) is 2.97. The van der Waals surface area contributed by atoms with Crippen LogP contribution in [-0.2, 0) is 10.9 Å². The fourth-order valence-corrected chi connectivity index (χ4v) is 2.41. The van der Waals surface area contributed by atoms with Crippen molar-refractivity contribution in [2.75, 3.05) is 6.61 Å². The van der Waals surface area contributed by atoms with Gasteiger partial charge in [-0.2, -0.15) is 18.3 Å². The van der Waals surface area contributed by atoms with Crippen LogP contribution < -0.4 is 0 Å². The Balaban J connectivity index is 2.94. The molecule has 2 rings (SSSR count). The minimum absolute atomic E-state index is 0.186. The first-order chi connectivity index (χ1) is 10.6. The lowest BCUT2D eigenvalue weighted by atomic mass is 10.1. The third-order valence-corrected chi connectivity index (χ3v) is 3.40. The van der Waals surface area contributed by atoms with Gasteiger partial charge in [-0.25, -0.2) is 18.1 Å². The van der Waals surface area contributed by atoms with E-state index >= 15 is 0 Å². The summed E-state index contributed by atoms with van der Waals surface area (Å²) in [6, 6.07) is 0.816. The van der Waals surface area contributed by atoms with Crippen LogP contribution >= 0.6 is 11.6 Å². The van der Waals surface area contributed by atoms with Crippen molar-refractivity contribution in [1.82, 2.24) is 9.61 Å². The van der Waals surface area contributed by atoms with E-state index < -0.39 is 46.1 Å². The maximum Gasteiger partial charge on any atom is 0.436 e. The van der Waals surface area contributed by atoms with Crippen molar-refractivity contribution in [2.24, 2.45) is 0 Å². The lowest BCUT2D eigenvalue weighted by Gasteiger charge is -2.10. The number of aryl methyl sites for hydroxylation is 1. The van der Waals surface area contributed by atoms with E-state index in [1.54, 1.807) is 0 Å². The van der Waals surface area contributed by atoms with Gasteiger partial charge in [-0.05, 0) is 25.5 Å². The predicted molar refractivity (Wildman–Crippen MR) is 70.9 cm³/mol. The van der Waals surface area contributed by atoms with Crippen LogP contribution in [0.25, 0.3) is 5.52 Å². The molecule has 10 heteroatoms. The van der Waals surface area contributed by atoms with Crippen molar-refractivity contribution in [1.29, 1.82) is 0 Å². The van der Waals surface area contributed by atoms with E-state index in [2.05, 4.69) is 9.84 Å². The van der Waals surface area contributed by atoms with E-state index in [1.165, 1.54) is 6.92 Å². The molecule has 126 valence electrons. The standard InChI is InChI=1S/C13H10ClF5N2O2/c1-3-23-12(22)8-9-5(2)6(11(15)16)4-7(14)21(9)20-10(8)13(17,18)19/h4,11H,3H2,1-2H3. The van der Waals surface area contributed by atoms with Crippen LogP contribution in [0.1, 0.15) is 40.5 Å². The van der Waals surface area contributed by atoms with Gasteiger partial charge in [0, 0.05) is 5.56 Å². The zero-order chi connectivity index (χ0) is 17.5. The molecule has 0 amide bonds. The largest absolute Gasteiger partial charge is 0.462 e. The number of carbonyl (C=O) groups excluding carboxylic acids is 1. The Morgan fingerprint density at radius 2 is 2.04 bits per heavy atom. The predicted octanol–water partition coefficient (Wildman–Crippen LogP) is 4.43. The van der Waals surface area contributed by atoms with Gasteiger partial charge < -0.3 is 4.74 Å². The Morgan fingerprint density at radius 1 is 1.43 bits per heavy atom. The number of halogens is 6. The van der Waals surface area contributed by atoms with E-state index in [1.807, 2.05) is 0 Å². The number of rotatable bonds is 3. The van der Waals surface area contributed by atoms with Crippen LogP contribution in [0, 0.1) is 6.92 Å². The van der Waals surface area contributed by atoms with Crippen molar-refractivity contribution in [2.45, 2.75) is 26.4 Å². The van der Waals surface area contributed by atoms with Gasteiger partial charge in [0.15, 0.2) is 5.69 Å². The second-order valence-corrected chi connectivity index (χ2v) is 4.94. The highest BCUT2D eigenvalue weighted by molar-refractivity contribution is 6.30. The first-order valence-electron chi connectivity index (χ1n) is 6.33. The molecule has 0 aromatic carbocycles. The van der Waals surface area contributed by atoms with Gasteiger partial charge in [0.1, 0.15) is 10.7 Å². The first-order valence-corrected chi connectivity index (χ1v) is 6.71. The van der Waals surface area contributed by atoms with E-state index in [-0.39, 0.29) is 12.2 Å². The molecule has 2 heterocycles. The Bertz CT molecular complexity index is 770. The average Bonchev–Trinajstić information content (AvgIpc) is 2.84. The Hall–Kier alpha value is -1.90. The van der Waals surface area contributed by atoms with E-state index in [0.717, 1.165) is 13.0 Å². The summed E-state index contributed by atoms with van der Waals surface area (Å²) in [5.41, 5.74) is -3.72. The maximum absolute atomic E-state index is 13.1. The number of esters is 1. The van der Waals surface area contributed by atoms with Gasteiger partial charge in [-0.1, -0.05) is 11.6 Å². The van der Waals surface area contributed by atoms with Crippen LogP contribution in [0.2, 0.25) is 5.15 Å². The number of nitrogens with zero attached hydrogens (tertiary/aromatic N) is 2. The van der Waals surface area contributed by atoms with Gasteiger partial charge >= 0.3 is 12.1 Å². The molecule has 2 aromatic rings. The normalized spacial score (nSPS) is 12.2. The molecule has 0 atom stereocenters. The third-order valence-electron chi connectivity index (χ3n) is 3.13. The highest BCUT2D eigenvalue weighted by Crippen LogP contribution is 2.37.